The molecule has 0 aliphatic carbocycles. The van der Waals surface area contributed by atoms with E-state index in [1.54, 1.807) is 0 Å². The molecule has 0 bridgehead atoms. The zero-order valence-corrected chi connectivity index (χ0v) is 16.6. The molecule has 28 heavy (non-hydrogen) atoms. The molecular formula is C23H30N4O. The Morgan fingerprint density at radius 3 is 2.79 bits per heavy atom. The monoisotopic (exact) mass is 378 g/mol. The topological polar surface area (TPSA) is 57.3 Å². The standard InChI is InChI=1S/C23H30N4O/c1-17-8-10-18(11-9-17)21-16-22(26-25-21)23(28)27-15-5-3-7-20(27)13-12-19-6-2-4-14-24-19/h2,4,6,8-11,14,20-22,25-26H,3,5,7,12-13,15-16H2,1H3. The van der Waals surface area contributed by atoms with E-state index in [0.29, 0.717) is 6.04 Å². The zero-order valence-electron chi connectivity index (χ0n) is 16.6. The molecule has 1 aromatic carbocycles. The van der Waals surface area contributed by atoms with Gasteiger partial charge in [0.15, 0.2) is 0 Å². The summed E-state index contributed by atoms with van der Waals surface area (Å²) in [5.41, 5.74) is 10.2. The van der Waals surface area contributed by atoms with Crippen molar-refractivity contribution in [1.29, 1.82) is 0 Å². The number of likely N-dealkylation sites (tertiary alicyclic amines) is 1. The molecule has 2 saturated heterocycles. The Morgan fingerprint density at radius 2 is 2.00 bits per heavy atom. The number of aromatic nitrogens is 1. The van der Waals surface area contributed by atoms with E-state index in [4.69, 9.17) is 0 Å². The van der Waals surface area contributed by atoms with E-state index in [-0.39, 0.29) is 18.0 Å². The van der Waals surface area contributed by atoms with E-state index >= 15 is 0 Å². The number of hydrogen-bond acceptors (Lipinski definition) is 4. The van der Waals surface area contributed by atoms with Crippen molar-refractivity contribution in [2.45, 2.75) is 63.6 Å². The van der Waals surface area contributed by atoms with Gasteiger partial charge in [0.2, 0.25) is 5.91 Å². The van der Waals surface area contributed by atoms with Crippen LogP contribution in [0.5, 0.6) is 0 Å². The summed E-state index contributed by atoms with van der Waals surface area (Å²) < 4.78 is 0. The van der Waals surface area contributed by atoms with E-state index in [1.165, 1.54) is 17.5 Å². The summed E-state index contributed by atoms with van der Waals surface area (Å²) in [5, 5.41) is 0. The van der Waals surface area contributed by atoms with Gasteiger partial charge in [0, 0.05) is 30.5 Å². The minimum Gasteiger partial charge on any atom is -0.338 e. The number of pyridine rings is 1. The van der Waals surface area contributed by atoms with Crippen molar-refractivity contribution in [2.75, 3.05) is 6.54 Å². The zero-order chi connectivity index (χ0) is 19.3. The molecule has 5 heteroatoms. The van der Waals surface area contributed by atoms with Gasteiger partial charge >= 0.3 is 0 Å². The first-order valence-corrected chi connectivity index (χ1v) is 10.5. The number of benzene rings is 1. The van der Waals surface area contributed by atoms with E-state index in [9.17, 15) is 4.79 Å². The fourth-order valence-electron chi connectivity index (χ4n) is 4.39. The first-order valence-electron chi connectivity index (χ1n) is 10.5. The van der Waals surface area contributed by atoms with Gasteiger partial charge in [0.1, 0.15) is 6.04 Å². The fourth-order valence-corrected chi connectivity index (χ4v) is 4.39. The fraction of sp³-hybridized carbons (Fsp3) is 0.478. The van der Waals surface area contributed by atoms with Crippen molar-refractivity contribution in [3.05, 3.63) is 65.5 Å². The number of piperidine rings is 1. The molecule has 3 heterocycles. The second-order valence-corrected chi connectivity index (χ2v) is 8.08. The minimum atomic E-state index is -0.151. The second kappa shape index (κ2) is 8.84. The van der Waals surface area contributed by atoms with Crippen molar-refractivity contribution in [1.82, 2.24) is 20.7 Å². The Hall–Kier alpha value is -2.24. The third kappa shape index (κ3) is 4.42. The minimum absolute atomic E-state index is 0.151. The molecule has 2 aliphatic rings. The highest BCUT2D eigenvalue weighted by atomic mass is 16.2. The average molecular weight is 379 g/mol. The molecule has 2 aliphatic heterocycles. The molecule has 1 amide bonds. The summed E-state index contributed by atoms with van der Waals surface area (Å²) >= 11 is 0. The van der Waals surface area contributed by atoms with Crippen LogP contribution in [-0.4, -0.2) is 34.4 Å². The van der Waals surface area contributed by atoms with Crippen molar-refractivity contribution < 1.29 is 4.79 Å². The summed E-state index contributed by atoms with van der Waals surface area (Å²) in [6.45, 7) is 2.97. The molecule has 2 aromatic rings. The number of carbonyl (C=O) groups is 1. The number of nitrogens with one attached hydrogen (secondary N) is 2. The Morgan fingerprint density at radius 1 is 1.14 bits per heavy atom. The molecule has 0 saturated carbocycles. The number of amides is 1. The van der Waals surface area contributed by atoms with Gasteiger partial charge in [-0.2, -0.15) is 0 Å². The van der Waals surface area contributed by atoms with Gasteiger partial charge in [-0.05, 0) is 63.1 Å². The van der Waals surface area contributed by atoms with Crippen LogP contribution in [0.25, 0.3) is 0 Å². The van der Waals surface area contributed by atoms with E-state index in [0.717, 1.165) is 44.3 Å². The maximum absolute atomic E-state index is 13.3. The van der Waals surface area contributed by atoms with Crippen LogP contribution in [0, 0.1) is 6.92 Å². The maximum atomic E-state index is 13.3. The van der Waals surface area contributed by atoms with Crippen LogP contribution in [0.2, 0.25) is 0 Å². The van der Waals surface area contributed by atoms with Crippen molar-refractivity contribution >= 4 is 5.91 Å². The van der Waals surface area contributed by atoms with Gasteiger partial charge in [-0.25, -0.2) is 10.9 Å². The molecule has 3 atom stereocenters. The molecule has 5 nitrogen and oxygen atoms in total. The first-order chi connectivity index (χ1) is 13.7. The lowest BCUT2D eigenvalue weighted by Gasteiger charge is -2.37. The number of aryl methyl sites for hydroxylation is 2. The Labute approximate surface area is 167 Å². The van der Waals surface area contributed by atoms with E-state index in [2.05, 4.69) is 58.0 Å². The van der Waals surface area contributed by atoms with Gasteiger partial charge in [-0.15, -0.1) is 0 Å². The highest BCUT2D eigenvalue weighted by Gasteiger charge is 2.36. The van der Waals surface area contributed by atoms with Gasteiger partial charge in [-0.1, -0.05) is 35.9 Å². The highest BCUT2D eigenvalue weighted by Crippen LogP contribution is 2.27. The summed E-state index contributed by atoms with van der Waals surface area (Å²) in [5.74, 6) is 0.243. The Kier molecular flexibility index (Phi) is 6.03. The molecule has 4 rings (SSSR count). The number of nitrogens with zero attached hydrogens (tertiary/aromatic N) is 2. The normalized spacial score (nSPS) is 25.0. The summed E-state index contributed by atoms with van der Waals surface area (Å²) in [7, 11) is 0. The molecule has 2 N–H and O–H groups in total. The van der Waals surface area contributed by atoms with Crippen molar-refractivity contribution in [2.24, 2.45) is 0 Å². The van der Waals surface area contributed by atoms with Crippen molar-refractivity contribution in [3.63, 3.8) is 0 Å². The van der Waals surface area contributed by atoms with Gasteiger partial charge in [0.25, 0.3) is 0 Å². The summed E-state index contributed by atoms with van der Waals surface area (Å²) in [6.07, 6.45) is 7.97. The van der Waals surface area contributed by atoms with Gasteiger partial charge < -0.3 is 4.90 Å². The molecule has 148 valence electrons. The average Bonchev–Trinajstić information content (AvgIpc) is 3.23. The number of hydrazine groups is 1. The van der Waals surface area contributed by atoms with Crippen LogP contribution < -0.4 is 10.9 Å². The van der Waals surface area contributed by atoms with Crippen LogP contribution >= 0.6 is 0 Å². The lowest BCUT2D eigenvalue weighted by atomic mass is 9.95. The quantitative estimate of drug-likeness (QED) is 0.838. The Bertz CT molecular complexity index is 777. The summed E-state index contributed by atoms with van der Waals surface area (Å²) in [6, 6.07) is 15.0. The van der Waals surface area contributed by atoms with Crippen molar-refractivity contribution in [3.8, 4) is 0 Å². The van der Waals surface area contributed by atoms with Gasteiger partial charge in [-0.3, -0.25) is 9.78 Å². The van der Waals surface area contributed by atoms with Crippen LogP contribution in [0.15, 0.2) is 48.7 Å². The lowest BCUT2D eigenvalue weighted by molar-refractivity contribution is -0.137. The van der Waals surface area contributed by atoms with Crippen LogP contribution in [-0.2, 0) is 11.2 Å². The molecule has 0 radical (unpaired) electrons. The Balaban J connectivity index is 1.37. The van der Waals surface area contributed by atoms with Crippen LogP contribution in [0.4, 0.5) is 0 Å². The first kappa shape index (κ1) is 19.1. The molecule has 0 spiro atoms. The number of carbonyl (C=O) groups excluding carboxylic acids is 1. The third-order valence-corrected chi connectivity index (χ3v) is 6.05. The predicted molar refractivity (Wildman–Crippen MR) is 111 cm³/mol. The van der Waals surface area contributed by atoms with E-state index in [1.807, 2.05) is 18.3 Å². The lowest BCUT2D eigenvalue weighted by Crippen LogP contribution is -2.51. The van der Waals surface area contributed by atoms with Crippen LogP contribution in [0.3, 0.4) is 0 Å². The molecule has 3 unspecified atom stereocenters. The van der Waals surface area contributed by atoms with Crippen LogP contribution in [0.1, 0.15) is 55.0 Å². The molecular weight excluding hydrogens is 348 g/mol. The maximum Gasteiger partial charge on any atom is 0.241 e. The highest BCUT2D eigenvalue weighted by molar-refractivity contribution is 5.82. The molecule has 2 fully saturated rings. The van der Waals surface area contributed by atoms with E-state index < -0.39 is 0 Å². The predicted octanol–water partition coefficient (Wildman–Crippen LogP) is 3.31. The molecule has 1 aromatic heterocycles. The number of hydrogen-bond donors (Lipinski definition) is 2. The largest absolute Gasteiger partial charge is 0.338 e. The summed E-state index contributed by atoms with van der Waals surface area (Å²) in [4.78, 5) is 19.8. The second-order valence-electron chi connectivity index (χ2n) is 8.08. The number of rotatable bonds is 5. The van der Waals surface area contributed by atoms with Gasteiger partial charge in [0.05, 0.1) is 0 Å². The SMILES string of the molecule is Cc1ccc(C2CC(C(=O)N3CCCCC3CCc3ccccn3)NN2)cc1. The smallest absolute Gasteiger partial charge is 0.241 e. The third-order valence-electron chi connectivity index (χ3n) is 6.05.